The van der Waals surface area contributed by atoms with Crippen molar-refractivity contribution < 1.29 is 9.53 Å². The molecule has 1 amide bonds. The van der Waals surface area contributed by atoms with Crippen LogP contribution in [0, 0.1) is 6.92 Å². The molecule has 29 heavy (non-hydrogen) atoms. The number of benzene rings is 3. The number of hydrogen-bond donors (Lipinski definition) is 1. The van der Waals surface area contributed by atoms with Crippen LogP contribution in [-0.4, -0.2) is 15.9 Å². The van der Waals surface area contributed by atoms with Gasteiger partial charge in [0.05, 0.1) is 17.6 Å². The lowest BCUT2D eigenvalue weighted by atomic mass is 10.0. The van der Waals surface area contributed by atoms with Gasteiger partial charge < -0.3 is 10.1 Å². The summed E-state index contributed by atoms with van der Waals surface area (Å²) in [5.74, 6) is 0.435. The third-order valence-corrected chi connectivity index (χ3v) is 4.64. The van der Waals surface area contributed by atoms with E-state index in [0.717, 1.165) is 28.1 Å². The van der Waals surface area contributed by atoms with E-state index in [1.165, 1.54) is 0 Å². The Labute approximate surface area is 169 Å². The molecule has 0 bridgehead atoms. The molecular weight excluding hydrogens is 362 g/mol. The van der Waals surface area contributed by atoms with Crippen LogP contribution in [0.2, 0.25) is 0 Å². The molecule has 0 saturated carbocycles. The fourth-order valence-electron chi connectivity index (χ4n) is 3.13. The van der Waals surface area contributed by atoms with Crippen molar-refractivity contribution in [1.29, 1.82) is 0 Å². The van der Waals surface area contributed by atoms with Gasteiger partial charge in [0.15, 0.2) is 5.75 Å². The van der Waals surface area contributed by atoms with Crippen LogP contribution in [0.25, 0.3) is 16.8 Å². The summed E-state index contributed by atoms with van der Waals surface area (Å²) in [5, 5.41) is 7.12. The van der Waals surface area contributed by atoms with Crippen LogP contribution in [0.3, 0.4) is 0 Å². The topological polar surface area (TPSA) is 56.1 Å². The molecule has 144 valence electrons. The molecule has 0 aliphatic rings. The van der Waals surface area contributed by atoms with E-state index in [2.05, 4.69) is 34.7 Å². The van der Waals surface area contributed by atoms with Gasteiger partial charge in [0.2, 0.25) is 0 Å². The summed E-state index contributed by atoms with van der Waals surface area (Å²) >= 11 is 0. The Morgan fingerprint density at radius 3 is 2.38 bits per heavy atom. The summed E-state index contributed by atoms with van der Waals surface area (Å²) < 4.78 is 7.19. The second kappa shape index (κ2) is 8.44. The van der Waals surface area contributed by atoms with Crippen molar-refractivity contribution in [3.05, 3.63) is 102 Å². The van der Waals surface area contributed by atoms with Gasteiger partial charge in [0, 0.05) is 6.54 Å². The van der Waals surface area contributed by atoms with E-state index in [1.807, 2.05) is 67.6 Å². The zero-order chi connectivity index (χ0) is 20.1. The van der Waals surface area contributed by atoms with E-state index in [1.54, 1.807) is 10.9 Å². The van der Waals surface area contributed by atoms with E-state index < -0.39 is 6.09 Å². The lowest BCUT2D eigenvalue weighted by molar-refractivity contribution is 0.199. The van der Waals surface area contributed by atoms with Crippen LogP contribution in [-0.2, 0) is 6.54 Å². The maximum absolute atomic E-state index is 12.3. The van der Waals surface area contributed by atoms with Crippen LogP contribution in [0.4, 0.5) is 4.79 Å². The summed E-state index contributed by atoms with van der Waals surface area (Å²) in [5.41, 5.74) is 4.93. The van der Waals surface area contributed by atoms with Crippen LogP contribution in [0.5, 0.6) is 5.75 Å². The highest BCUT2D eigenvalue weighted by atomic mass is 16.6. The van der Waals surface area contributed by atoms with Crippen molar-refractivity contribution in [3.8, 4) is 22.6 Å². The molecular formula is C24H21N3O2. The Bertz CT molecular complexity index is 1110. The quantitative estimate of drug-likeness (QED) is 0.519. The summed E-state index contributed by atoms with van der Waals surface area (Å²) in [6.07, 6.45) is 1.05. The number of carbonyl (C=O) groups is 1. The highest BCUT2D eigenvalue weighted by Gasteiger charge is 2.13. The van der Waals surface area contributed by atoms with Crippen molar-refractivity contribution in [2.75, 3.05) is 0 Å². The van der Waals surface area contributed by atoms with Gasteiger partial charge in [0.1, 0.15) is 0 Å². The molecule has 4 rings (SSSR count). The molecule has 0 fully saturated rings. The average Bonchev–Trinajstić information content (AvgIpc) is 3.14. The number of nitrogens with zero attached hydrogens (tertiary/aromatic N) is 2. The summed E-state index contributed by atoms with van der Waals surface area (Å²) in [4.78, 5) is 12.3. The molecule has 1 N–H and O–H groups in total. The Kier molecular flexibility index (Phi) is 5.38. The minimum Gasteiger partial charge on any atom is -0.407 e. The molecule has 0 atom stereocenters. The number of aromatic nitrogens is 2. The first-order valence-electron chi connectivity index (χ1n) is 9.41. The second-order valence-corrected chi connectivity index (χ2v) is 6.65. The van der Waals surface area contributed by atoms with Gasteiger partial charge in [-0.3, -0.25) is 0 Å². The summed E-state index contributed by atoms with van der Waals surface area (Å²) in [6.45, 7) is 2.25. The first-order valence-corrected chi connectivity index (χ1v) is 9.41. The van der Waals surface area contributed by atoms with Gasteiger partial charge in [-0.1, -0.05) is 66.7 Å². The highest BCUT2D eigenvalue weighted by Crippen LogP contribution is 2.21. The number of nitrogens with one attached hydrogen (secondary N) is 1. The highest BCUT2D eigenvalue weighted by molar-refractivity contribution is 5.71. The summed E-state index contributed by atoms with van der Waals surface area (Å²) in [7, 11) is 0. The predicted octanol–water partition coefficient (Wildman–Crippen LogP) is 5.14. The van der Waals surface area contributed by atoms with Crippen LogP contribution in [0.1, 0.15) is 11.3 Å². The zero-order valence-electron chi connectivity index (χ0n) is 16.1. The zero-order valence-corrected chi connectivity index (χ0v) is 16.1. The van der Waals surface area contributed by atoms with Gasteiger partial charge in [-0.15, -0.1) is 0 Å². The van der Waals surface area contributed by atoms with Crippen LogP contribution in [0.15, 0.2) is 91.1 Å². The molecule has 1 aromatic heterocycles. The van der Waals surface area contributed by atoms with Gasteiger partial charge in [0.25, 0.3) is 0 Å². The molecule has 1 heterocycles. The van der Waals surface area contributed by atoms with Crippen molar-refractivity contribution in [1.82, 2.24) is 15.1 Å². The number of para-hydroxylation sites is 1. The number of ether oxygens (including phenoxy) is 1. The minimum absolute atomic E-state index is 0.380. The molecule has 0 spiro atoms. The third kappa shape index (κ3) is 4.35. The fourth-order valence-corrected chi connectivity index (χ4v) is 3.13. The van der Waals surface area contributed by atoms with Gasteiger partial charge >= 0.3 is 6.09 Å². The minimum atomic E-state index is -0.508. The van der Waals surface area contributed by atoms with Crippen LogP contribution < -0.4 is 10.1 Å². The van der Waals surface area contributed by atoms with E-state index >= 15 is 0 Å². The number of rotatable bonds is 5. The van der Waals surface area contributed by atoms with E-state index in [0.29, 0.717) is 12.3 Å². The first kappa shape index (κ1) is 18.5. The lowest BCUT2D eigenvalue weighted by Gasteiger charge is -2.09. The fraction of sp³-hybridized carbons (Fsp3) is 0.0833. The van der Waals surface area contributed by atoms with E-state index in [4.69, 9.17) is 4.74 Å². The Morgan fingerprint density at radius 1 is 0.931 bits per heavy atom. The van der Waals surface area contributed by atoms with Crippen LogP contribution >= 0.6 is 0 Å². The van der Waals surface area contributed by atoms with Crippen molar-refractivity contribution >= 4 is 6.09 Å². The van der Waals surface area contributed by atoms with Gasteiger partial charge in [-0.25, -0.2) is 9.48 Å². The number of amides is 1. The standard InChI is InChI=1S/C24H21N3O2/c1-18-23(17-26-27(18)22-13-6-3-7-14-22)29-24(28)25-16-19-9-8-12-21(15-19)20-10-4-2-5-11-20/h2-15,17H,16H2,1H3,(H,25,28). The second-order valence-electron chi connectivity index (χ2n) is 6.65. The SMILES string of the molecule is Cc1c(OC(=O)NCc2cccc(-c3ccccc3)c2)cnn1-c1ccccc1. The Balaban J connectivity index is 1.40. The predicted molar refractivity (Wildman–Crippen MR) is 113 cm³/mol. The van der Waals surface area contributed by atoms with E-state index in [9.17, 15) is 4.79 Å². The third-order valence-electron chi connectivity index (χ3n) is 4.64. The van der Waals surface area contributed by atoms with Crippen molar-refractivity contribution in [3.63, 3.8) is 0 Å². The van der Waals surface area contributed by atoms with Gasteiger partial charge in [-0.2, -0.15) is 5.10 Å². The normalized spacial score (nSPS) is 10.5. The molecule has 4 aromatic rings. The smallest absolute Gasteiger partial charge is 0.407 e. The molecule has 0 unspecified atom stereocenters. The first-order chi connectivity index (χ1) is 14.2. The summed E-state index contributed by atoms with van der Waals surface area (Å²) in [6, 6.07) is 27.9. The molecule has 5 nitrogen and oxygen atoms in total. The maximum Gasteiger partial charge on any atom is 0.412 e. The molecule has 0 radical (unpaired) electrons. The average molecular weight is 383 g/mol. The maximum atomic E-state index is 12.3. The van der Waals surface area contributed by atoms with Gasteiger partial charge in [-0.05, 0) is 41.8 Å². The molecule has 0 saturated heterocycles. The lowest BCUT2D eigenvalue weighted by Crippen LogP contribution is -2.26. The molecule has 0 aliphatic carbocycles. The van der Waals surface area contributed by atoms with Crippen molar-refractivity contribution in [2.24, 2.45) is 0 Å². The largest absolute Gasteiger partial charge is 0.412 e. The number of hydrogen-bond acceptors (Lipinski definition) is 3. The molecule has 5 heteroatoms. The Morgan fingerprint density at radius 2 is 1.62 bits per heavy atom. The molecule has 0 aliphatic heterocycles. The molecule has 3 aromatic carbocycles. The van der Waals surface area contributed by atoms with E-state index in [-0.39, 0.29) is 0 Å². The van der Waals surface area contributed by atoms with Crippen molar-refractivity contribution in [2.45, 2.75) is 13.5 Å². The Hall–Kier alpha value is -3.86. The number of carbonyl (C=O) groups excluding carboxylic acids is 1. The monoisotopic (exact) mass is 383 g/mol.